The molecule has 1 aliphatic heterocycles. The van der Waals surface area contributed by atoms with Crippen molar-refractivity contribution in [3.63, 3.8) is 0 Å². The zero-order valence-corrected chi connectivity index (χ0v) is 18.9. The summed E-state index contributed by atoms with van der Waals surface area (Å²) in [4.78, 5) is 30.7. The molecule has 1 fully saturated rings. The Bertz CT molecular complexity index is 950. The van der Waals surface area contributed by atoms with Gasteiger partial charge in [0.15, 0.2) is 0 Å². The first kappa shape index (κ1) is 21.6. The molecule has 0 bridgehead atoms. The van der Waals surface area contributed by atoms with Gasteiger partial charge in [-0.05, 0) is 43.9 Å². The second-order valence-corrected chi connectivity index (χ2v) is 8.87. The van der Waals surface area contributed by atoms with E-state index in [2.05, 4.69) is 21.2 Å². The molecule has 31 heavy (non-hydrogen) atoms. The topological polar surface area (TPSA) is 71.1 Å². The minimum Gasteiger partial charge on any atom is -0.492 e. The SMILES string of the molecule is CCOc1ccccc1N1CCN(CC(=O)Nc2sc3c(c2C(=O)OC)CCC3)CC1. The molecular weight excluding hydrogens is 414 g/mol. The van der Waals surface area contributed by atoms with Crippen LogP contribution in [-0.4, -0.2) is 63.2 Å². The summed E-state index contributed by atoms with van der Waals surface area (Å²) in [5.41, 5.74) is 2.70. The molecule has 7 nitrogen and oxygen atoms in total. The van der Waals surface area contributed by atoms with Gasteiger partial charge in [-0.15, -0.1) is 11.3 Å². The maximum atomic E-state index is 12.7. The van der Waals surface area contributed by atoms with E-state index in [-0.39, 0.29) is 11.9 Å². The van der Waals surface area contributed by atoms with E-state index in [9.17, 15) is 9.59 Å². The minimum atomic E-state index is -0.365. The summed E-state index contributed by atoms with van der Waals surface area (Å²) in [6.07, 6.45) is 2.89. The number of nitrogens with zero attached hydrogens (tertiary/aromatic N) is 2. The van der Waals surface area contributed by atoms with E-state index in [1.807, 2.05) is 25.1 Å². The molecule has 0 atom stereocenters. The van der Waals surface area contributed by atoms with Gasteiger partial charge >= 0.3 is 5.97 Å². The number of fused-ring (bicyclic) bond motifs is 1. The number of aryl methyl sites for hydroxylation is 1. The number of hydrogen-bond acceptors (Lipinski definition) is 7. The van der Waals surface area contributed by atoms with E-state index in [1.54, 1.807) is 0 Å². The Morgan fingerprint density at radius 2 is 1.90 bits per heavy atom. The van der Waals surface area contributed by atoms with Crippen LogP contribution >= 0.6 is 11.3 Å². The normalized spacial score (nSPS) is 16.1. The van der Waals surface area contributed by atoms with Crippen molar-refractivity contribution in [2.45, 2.75) is 26.2 Å². The molecule has 1 aromatic carbocycles. The molecule has 4 rings (SSSR count). The Morgan fingerprint density at radius 1 is 1.13 bits per heavy atom. The minimum absolute atomic E-state index is 0.0896. The first-order chi connectivity index (χ1) is 15.1. The second-order valence-electron chi connectivity index (χ2n) is 7.77. The lowest BCUT2D eigenvalue weighted by Gasteiger charge is -2.36. The molecule has 2 aliphatic rings. The summed E-state index contributed by atoms with van der Waals surface area (Å²) in [5, 5.41) is 3.61. The summed E-state index contributed by atoms with van der Waals surface area (Å²) in [7, 11) is 1.39. The van der Waals surface area contributed by atoms with Crippen molar-refractivity contribution in [3.05, 3.63) is 40.3 Å². The first-order valence-corrected chi connectivity index (χ1v) is 11.6. The van der Waals surface area contributed by atoms with Crippen LogP contribution in [-0.2, 0) is 22.4 Å². The van der Waals surface area contributed by atoms with Crippen LogP contribution < -0.4 is 15.0 Å². The van der Waals surface area contributed by atoms with Gasteiger partial charge in [0.1, 0.15) is 10.8 Å². The molecule has 1 aromatic heterocycles. The number of esters is 1. The summed E-state index contributed by atoms with van der Waals surface area (Å²) >= 11 is 1.51. The second kappa shape index (κ2) is 9.70. The van der Waals surface area contributed by atoms with E-state index >= 15 is 0 Å². The number of para-hydroxylation sites is 2. The quantitative estimate of drug-likeness (QED) is 0.663. The number of thiophene rings is 1. The molecule has 1 amide bonds. The van der Waals surface area contributed by atoms with Crippen LogP contribution in [0, 0.1) is 0 Å². The summed E-state index contributed by atoms with van der Waals surface area (Å²) in [5.74, 6) is 0.446. The molecule has 0 radical (unpaired) electrons. The zero-order chi connectivity index (χ0) is 21.8. The van der Waals surface area contributed by atoms with Gasteiger partial charge in [0.05, 0.1) is 31.5 Å². The molecule has 8 heteroatoms. The van der Waals surface area contributed by atoms with Gasteiger partial charge in [-0.1, -0.05) is 12.1 Å². The molecular formula is C23H29N3O4S. The summed E-state index contributed by atoms with van der Waals surface area (Å²) < 4.78 is 10.7. The first-order valence-electron chi connectivity index (χ1n) is 10.8. The fourth-order valence-corrected chi connectivity index (χ4v) is 5.62. The number of rotatable bonds is 7. The average molecular weight is 444 g/mol. The number of carbonyl (C=O) groups is 2. The van der Waals surface area contributed by atoms with Crippen molar-refractivity contribution in [2.24, 2.45) is 0 Å². The smallest absolute Gasteiger partial charge is 0.341 e. The highest BCUT2D eigenvalue weighted by atomic mass is 32.1. The highest BCUT2D eigenvalue weighted by Crippen LogP contribution is 2.39. The molecule has 0 saturated carbocycles. The van der Waals surface area contributed by atoms with Crippen LogP contribution in [0.15, 0.2) is 24.3 Å². The standard InChI is InChI=1S/C23H29N3O4S/c1-3-30-18-9-5-4-8-17(18)26-13-11-25(12-14-26)15-20(27)24-22-21(23(28)29-2)16-7-6-10-19(16)31-22/h4-5,8-9H,3,6-7,10-15H2,1-2H3,(H,24,27). The monoisotopic (exact) mass is 443 g/mol. The third kappa shape index (κ3) is 4.70. The van der Waals surface area contributed by atoms with Crippen LogP contribution in [0.4, 0.5) is 10.7 Å². The van der Waals surface area contributed by atoms with E-state index in [0.717, 1.165) is 62.4 Å². The number of hydrogen-bond donors (Lipinski definition) is 1. The summed E-state index contributed by atoms with van der Waals surface area (Å²) in [6, 6.07) is 8.08. The average Bonchev–Trinajstić information content (AvgIpc) is 3.35. The highest BCUT2D eigenvalue weighted by molar-refractivity contribution is 7.17. The van der Waals surface area contributed by atoms with E-state index < -0.39 is 0 Å². The van der Waals surface area contributed by atoms with E-state index in [1.165, 1.54) is 23.3 Å². The lowest BCUT2D eigenvalue weighted by molar-refractivity contribution is -0.117. The fourth-order valence-electron chi connectivity index (χ4n) is 4.32. The van der Waals surface area contributed by atoms with Crippen molar-refractivity contribution in [1.29, 1.82) is 0 Å². The van der Waals surface area contributed by atoms with Crippen molar-refractivity contribution in [3.8, 4) is 5.75 Å². The molecule has 2 aromatic rings. The van der Waals surface area contributed by atoms with Gasteiger partial charge < -0.3 is 19.7 Å². The Balaban J connectivity index is 1.35. The number of piperazine rings is 1. The molecule has 1 saturated heterocycles. The van der Waals surface area contributed by atoms with Crippen LogP contribution in [0.2, 0.25) is 0 Å². The molecule has 2 heterocycles. The zero-order valence-electron chi connectivity index (χ0n) is 18.1. The van der Waals surface area contributed by atoms with Gasteiger partial charge in [-0.3, -0.25) is 9.69 Å². The van der Waals surface area contributed by atoms with Crippen molar-refractivity contribution < 1.29 is 19.1 Å². The number of amides is 1. The third-order valence-corrected chi connectivity index (χ3v) is 7.02. The van der Waals surface area contributed by atoms with Gasteiger partial charge in [0.2, 0.25) is 5.91 Å². The number of methoxy groups -OCH3 is 1. The van der Waals surface area contributed by atoms with Crippen molar-refractivity contribution in [2.75, 3.05) is 56.7 Å². The number of nitrogens with one attached hydrogen (secondary N) is 1. The van der Waals surface area contributed by atoms with Crippen LogP contribution in [0.1, 0.15) is 34.1 Å². The molecule has 166 valence electrons. The predicted octanol–water partition coefficient (Wildman–Crippen LogP) is 3.18. The van der Waals surface area contributed by atoms with Gasteiger partial charge in [0.25, 0.3) is 0 Å². The lowest BCUT2D eigenvalue weighted by atomic mass is 10.1. The van der Waals surface area contributed by atoms with Crippen LogP contribution in [0.3, 0.4) is 0 Å². The van der Waals surface area contributed by atoms with Crippen molar-refractivity contribution in [1.82, 2.24) is 4.90 Å². The van der Waals surface area contributed by atoms with Crippen molar-refractivity contribution >= 4 is 33.9 Å². The fraction of sp³-hybridized carbons (Fsp3) is 0.478. The number of ether oxygens (including phenoxy) is 2. The van der Waals surface area contributed by atoms with Gasteiger partial charge in [-0.2, -0.15) is 0 Å². The Kier molecular flexibility index (Phi) is 6.77. The number of carbonyl (C=O) groups excluding carboxylic acids is 2. The van der Waals surface area contributed by atoms with Crippen LogP contribution in [0.25, 0.3) is 0 Å². The van der Waals surface area contributed by atoms with E-state index in [0.29, 0.717) is 23.7 Å². The molecule has 1 N–H and O–H groups in total. The number of benzene rings is 1. The Morgan fingerprint density at radius 3 is 2.65 bits per heavy atom. The maximum absolute atomic E-state index is 12.7. The molecule has 1 aliphatic carbocycles. The molecule has 0 spiro atoms. The van der Waals surface area contributed by atoms with E-state index in [4.69, 9.17) is 9.47 Å². The third-order valence-electron chi connectivity index (χ3n) is 5.81. The predicted molar refractivity (Wildman–Crippen MR) is 123 cm³/mol. The summed E-state index contributed by atoms with van der Waals surface area (Å²) in [6.45, 7) is 6.18. The molecule has 0 unspecified atom stereocenters. The lowest BCUT2D eigenvalue weighted by Crippen LogP contribution is -2.48. The highest BCUT2D eigenvalue weighted by Gasteiger charge is 2.28. The Hall–Kier alpha value is -2.58. The van der Waals surface area contributed by atoms with Gasteiger partial charge in [0, 0.05) is 31.1 Å². The Labute approximate surface area is 186 Å². The largest absolute Gasteiger partial charge is 0.492 e. The maximum Gasteiger partial charge on any atom is 0.341 e. The van der Waals surface area contributed by atoms with Crippen LogP contribution in [0.5, 0.6) is 5.75 Å². The number of anilines is 2. The van der Waals surface area contributed by atoms with Gasteiger partial charge in [-0.25, -0.2) is 4.79 Å².